The molecule has 0 spiro atoms. The highest BCUT2D eigenvalue weighted by molar-refractivity contribution is 9.10. The summed E-state index contributed by atoms with van der Waals surface area (Å²) >= 11 is 3.60. The zero-order valence-electron chi connectivity index (χ0n) is 7.79. The van der Waals surface area contributed by atoms with Crippen LogP contribution in [0.1, 0.15) is 12.0 Å². The summed E-state index contributed by atoms with van der Waals surface area (Å²) in [5.74, 6) is 0. The van der Waals surface area contributed by atoms with Crippen LogP contribution in [-0.2, 0) is 10.3 Å². The van der Waals surface area contributed by atoms with E-state index in [1.165, 1.54) is 10.0 Å². The molecule has 2 atom stereocenters. The Balaban J connectivity index is 2.00. The standard InChI is InChI=1S/C11H12BrNO/c12-9-4-2-1-3-8(9)11-7-10(11)14-6-5-13-11/h1-4,10,13H,5-7H2. The molecule has 1 saturated heterocycles. The molecule has 1 aromatic carbocycles. The summed E-state index contributed by atoms with van der Waals surface area (Å²) in [5.41, 5.74) is 1.45. The van der Waals surface area contributed by atoms with E-state index in [1.54, 1.807) is 0 Å². The minimum absolute atomic E-state index is 0.109. The lowest BCUT2D eigenvalue weighted by molar-refractivity contribution is 0.0678. The van der Waals surface area contributed by atoms with Crippen LogP contribution in [0.15, 0.2) is 28.7 Å². The molecule has 2 unspecified atom stereocenters. The largest absolute Gasteiger partial charge is 0.375 e. The monoisotopic (exact) mass is 253 g/mol. The number of rotatable bonds is 1. The van der Waals surface area contributed by atoms with Gasteiger partial charge < -0.3 is 10.1 Å². The predicted molar refractivity (Wildman–Crippen MR) is 58.2 cm³/mol. The highest BCUT2D eigenvalue weighted by atomic mass is 79.9. The average Bonchev–Trinajstić information content (AvgIpc) is 2.93. The Bertz CT molecular complexity index is 368. The van der Waals surface area contributed by atoms with Crippen LogP contribution >= 0.6 is 15.9 Å². The minimum atomic E-state index is 0.109. The van der Waals surface area contributed by atoms with Crippen molar-refractivity contribution in [1.29, 1.82) is 0 Å². The SMILES string of the molecule is Brc1ccccc1C12CC1OCCN2. The molecule has 74 valence electrons. The lowest BCUT2D eigenvalue weighted by atomic mass is 10.0. The summed E-state index contributed by atoms with van der Waals surface area (Å²) in [7, 11) is 0. The van der Waals surface area contributed by atoms with Crippen molar-refractivity contribution in [2.24, 2.45) is 0 Å². The lowest BCUT2D eigenvalue weighted by Gasteiger charge is -2.25. The Morgan fingerprint density at radius 3 is 3.07 bits per heavy atom. The van der Waals surface area contributed by atoms with Gasteiger partial charge in [0.2, 0.25) is 0 Å². The van der Waals surface area contributed by atoms with Crippen molar-refractivity contribution in [3.8, 4) is 0 Å². The first-order chi connectivity index (χ1) is 6.83. The molecule has 0 amide bonds. The van der Waals surface area contributed by atoms with Crippen LogP contribution in [-0.4, -0.2) is 19.3 Å². The molecular weight excluding hydrogens is 242 g/mol. The molecule has 2 aliphatic rings. The zero-order valence-corrected chi connectivity index (χ0v) is 9.38. The third-order valence-electron chi connectivity index (χ3n) is 3.11. The van der Waals surface area contributed by atoms with E-state index in [0.717, 1.165) is 19.6 Å². The van der Waals surface area contributed by atoms with Gasteiger partial charge in [0.15, 0.2) is 0 Å². The highest BCUT2D eigenvalue weighted by Crippen LogP contribution is 2.51. The van der Waals surface area contributed by atoms with Gasteiger partial charge in [0.25, 0.3) is 0 Å². The molecule has 3 rings (SSSR count). The first kappa shape index (κ1) is 8.89. The fraction of sp³-hybridized carbons (Fsp3) is 0.455. The predicted octanol–water partition coefficient (Wildman–Crippen LogP) is 2.04. The average molecular weight is 254 g/mol. The summed E-state index contributed by atoms with van der Waals surface area (Å²) in [5, 5.41) is 3.57. The second kappa shape index (κ2) is 3.05. The van der Waals surface area contributed by atoms with Crippen molar-refractivity contribution >= 4 is 15.9 Å². The maximum atomic E-state index is 5.68. The first-order valence-electron chi connectivity index (χ1n) is 4.94. The van der Waals surface area contributed by atoms with Crippen molar-refractivity contribution < 1.29 is 4.74 Å². The number of nitrogens with one attached hydrogen (secondary N) is 1. The molecular formula is C11H12BrNO. The quantitative estimate of drug-likeness (QED) is 0.828. The van der Waals surface area contributed by atoms with Crippen molar-refractivity contribution in [2.45, 2.75) is 18.1 Å². The summed E-state index contributed by atoms with van der Waals surface area (Å²) in [6.45, 7) is 1.80. The zero-order chi connectivity index (χ0) is 9.60. The molecule has 1 aliphatic heterocycles. The number of halogens is 1. The number of hydrogen-bond donors (Lipinski definition) is 1. The van der Waals surface area contributed by atoms with Crippen LogP contribution in [0.2, 0.25) is 0 Å². The Morgan fingerprint density at radius 2 is 2.29 bits per heavy atom. The number of fused-ring (bicyclic) bond motifs is 1. The summed E-state index contributed by atoms with van der Waals surface area (Å²) in [4.78, 5) is 0. The summed E-state index contributed by atoms with van der Waals surface area (Å²) in [6, 6.07) is 8.40. The Kier molecular flexibility index (Phi) is 1.94. The van der Waals surface area contributed by atoms with E-state index in [9.17, 15) is 0 Å². The van der Waals surface area contributed by atoms with Crippen LogP contribution < -0.4 is 5.32 Å². The van der Waals surface area contributed by atoms with E-state index in [2.05, 4.69) is 39.4 Å². The van der Waals surface area contributed by atoms with Gasteiger partial charge in [0.05, 0.1) is 18.2 Å². The van der Waals surface area contributed by atoms with E-state index in [4.69, 9.17) is 4.74 Å². The first-order valence-corrected chi connectivity index (χ1v) is 5.74. The fourth-order valence-corrected chi connectivity index (χ4v) is 2.94. The van der Waals surface area contributed by atoms with Crippen LogP contribution in [0.5, 0.6) is 0 Å². The number of ether oxygens (including phenoxy) is 1. The van der Waals surface area contributed by atoms with Crippen molar-refractivity contribution in [1.82, 2.24) is 5.32 Å². The molecule has 0 radical (unpaired) electrons. The van der Waals surface area contributed by atoms with Crippen LogP contribution in [0, 0.1) is 0 Å². The van der Waals surface area contributed by atoms with Gasteiger partial charge in [-0.1, -0.05) is 34.1 Å². The third-order valence-corrected chi connectivity index (χ3v) is 3.80. The van der Waals surface area contributed by atoms with E-state index in [-0.39, 0.29) is 5.54 Å². The Labute approximate surface area is 91.8 Å². The Hall–Kier alpha value is -0.380. The molecule has 0 aromatic heterocycles. The maximum absolute atomic E-state index is 5.68. The molecule has 1 saturated carbocycles. The molecule has 1 aliphatic carbocycles. The van der Waals surface area contributed by atoms with Gasteiger partial charge in [0.1, 0.15) is 0 Å². The topological polar surface area (TPSA) is 21.3 Å². The van der Waals surface area contributed by atoms with Crippen LogP contribution in [0.4, 0.5) is 0 Å². The highest BCUT2D eigenvalue weighted by Gasteiger charge is 2.58. The fourth-order valence-electron chi connectivity index (χ4n) is 2.30. The minimum Gasteiger partial charge on any atom is -0.375 e. The van der Waals surface area contributed by atoms with E-state index in [1.807, 2.05) is 6.07 Å². The second-order valence-corrected chi connectivity index (χ2v) is 4.80. The second-order valence-electron chi connectivity index (χ2n) is 3.94. The summed E-state index contributed by atoms with van der Waals surface area (Å²) in [6.07, 6.45) is 1.49. The summed E-state index contributed by atoms with van der Waals surface area (Å²) < 4.78 is 6.86. The van der Waals surface area contributed by atoms with Crippen LogP contribution in [0.25, 0.3) is 0 Å². The molecule has 2 fully saturated rings. The van der Waals surface area contributed by atoms with Gasteiger partial charge in [-0.15, -0.1) is 0 Å². The maximum Gasteiger partial charge on any atom is 0.0822 e. The molecule has 1 heterocycles. The van der Waals surface area contributed by atoms with E-state index < -0.39 is 0 Å². The number of morpholine rings is 1. The molecule has 14 heavy (non-hydrogen) atoms. The molecule has 3 heteroatoms. The van der Waals surface area contributed by atoms with E-state index in [0.29, 0.717) is 6.10 Å². The smallest absolute Gasteiger partial charge is 0.0822 e. The van der Waals surface area contributed by atoms with E-state index >= 15 is 0 Å². The van der Waals surface area contributed by atoms with Crippen molar-refractivity contribution in [3.05, 3.63) is 34.3 Å². The van der Waals surface area contributed by atoms with Crippen molar-refractivity contribution in [2.75, 3.05) is 13.2 Å². The molecule has 0 bridgehead atoms. The van der Waals surface area contributed by atoms with Crippen LogP contribution in [0.3, 0.4) is 0 Å². The van der Waals surface area contributed by atoms with Gasteiger partial charge in [-0.05, 0) is 11.6 Å². The molecule has 1 aromatic rings. The van der Waals surface area contributed by atoms with Crippen molar-refractivity contribution in [3.63, 3.8) is 0 Å². The van der Waals surface area contributed by atoms with Gasteiger partial charge in [-0.2, -0.15) is 0 Å². The normalized spacial score (nSPS) is 35.1. The lowest BCUT2D eigenvalue weighted by Crippen LogP contribution is -2.40. The van der Waals surface area contributed by atoms with Gasteiger partial charge in [-0.25, -0.2) is 0 Å². The Morgan fingerprint density at radius 1 is 1.43 bits per heavy atom. The van der Waals surface area contributed by atoms with Gasteiger partial charge in [0, 0.05) is 17.4 Å². The number of benzene rings is 1. The molecule has 1 N–H and O–H groups in total. The van der Waals surface area contributed by atoms with Gasteiger partial charge >= 0.3 is 0 Å². The molecule has 2 nitrogen and oxygen atoms in total. The number of hydrogen-bond acceptors (Lipinski definition) is 2. The van der Waals surface area contributed by atoms with Gasteiger partial charge in [-0.3, -0.25) is 0 Å². The third kappa shape index (κ3) is 1.16.